The van der Waals surface area contributed by atoms with E-state index in [4.69, 9.17) is 39.8 Å². The Hall–Kier alpha value is -2.32. The zero-order valence-corrected chi connectivity index (χ0v) is 20.4. The first-order valence-corrected chi connectivity index (χ1v) is 11.6. The van der Waals surface area contributed by atoms with E-state index in [2.05, 4.69) is 31.7 Å². The molecule has 164 valence electrons. The maximum absolute atomic E-state index is 12.3. The molecule has 0 aliphatic carbocycles. The molecule has 0 saturated carbocycles. The van der Waals surface area contributed by atoms with Crippen LogP contribution in [0.5, 0.6) is 0 Å². The summed E-state index contributed by atoms with van der Waals surface area (Å²) in [5.41, 5.74) is 2.67. The third-order valence-corrected chi connectivity index (χ3v) is 5.97. The highest BCUT2D eigenvalue weighted by atomic mass is 79.9. The summed E-state index contributed by atoms with van der Waals surface area (Å²) in [5, 5.41) is 12.1. The van der Waals surface area contributed by atoms with E-state index in [1.165, 1.54) is 0 Å². The van der Waals surface area contributed by atoms with E-state index in [-0.39, 0.29) is 5.91 Å². The van der Waals surface area contributed by atoms with Crippen LogP contribution in [0.2, 0.25) is 15.1 Å². The Labute approximate surface area is 208 Å². The molecule has 6 nitrogen and oxygen atoms in total. The molecule has 0 aliphatic rings. The van der Waals surface area contributed by atoms with Gasteiger partial charge in [-0.25, -0.2) is 4.98 Å². The van der Waals surface area contributed by atoms with Crippen molar-refractivity contribution in [2.24, 2.45) is 0 Å². The lowest BCUT2D eigenvalue weighted by Gasteiger charge is -2.12. The highest BCUT2D eigenvalue weighted by molar-refractivity contribution is 9.10. The molecule has 32 heavy (non-hydrogen) atoms. The van der Waals surface area contributed by atoms with Crippen molar-refractivity contribution in [3.63, 3.8) is 0 Å². The van der Waals surface area contributed by atoms with Crippen LogP contribution in [0.3, 0.4) is 0 Å². The van der Waals surface area contributed by atoms with E-state index in [1.807, 2.05) is 30.3 Å². The van der Waals surface area contributed by atoms with Gasteiger partial charge < -0.3 is 10.6 Å². The summed E-state index contributed by atoms with van der Waals surface area (Å²) in [6, 6.07) is 14.2. The Morgan fingerprint density at radius 1 is 1.03 bits per heavy atom. The lowest BCUT2D eigenvalue weighted by molar-refractivity contribution is 0.0953. The Morgan fingerprint density at radius 3 is 2.53 bits per heavy atom. The van der Waals surface area contributed by atoms with Crippen molar-refractivity contribution in [1.82, 2.24) is 19.9 Å². The molecule has 4 aromatic rings. The highest BCUT2D eigenvalue weighted by Gasteiger charge is 2.13. The second-order valence-electron chi connectivity index (χ2n) is 6.93. The fraction of sp³-hybridized carbons (Fsp3) is 0.136. The van der Waals surface area contributed by atoms with Gasteiger partial charge in [-0.1, -0.05) is 53.0 Å². The maximum Gasteiger partial charge on any atom is 0.251 e. The normalized spacial score (nSPS) is 11.0. The Kier molecular flexibility index (Phi) is 7.20. The second-order valence-corrected chi connectivity index (χ2v) is 9.06. The predicted molar refractivity (Wildman–Crippen MR) is 133 cm³/mol. The van der Waals surface area contributed by atoms with Crippen molar-refractivity contribution in [1.29, 1.82) is 0 Å². The topological polar surface area (TPSA) is 71.3 Å². The van der Waals surface area contributed by atoms with Gasteiger partial charge in [-0.2, -0.15) is 9.61 Å². The van der Waals surface area contributed by atoms with Crippen molar-refractivity contribution in [3.05, 3.63) is 79.8 Å². The van der Waals surface area contributed by atoms with Crippen LogP contribution in [0, 0.1) is 0 Å². The molecule has 0 radical (unpaired) electrons. The maximum atomic E-state index is 12.3. The monoisotopic (exact) mass is 551 g/mol. The number of benzene rings is 2. The summed E-state index contributed by atoms with van der Waals surface area (Å²) in [5.74, 6) is 0.543. The molecule has 2 aromatic heterocycles. The minimum absolute atomic E-state index is 0.224. The van der Waals surface area contributed by atoms with Gasteiger partial charge in [0.05, 0.1) is 16.4 Å². The highest BCUT2D eigenvalue weighted by Crippen LogP contribution is 2.30. The number of rotatable bonds is 7. The smallest absolute Gasteiger partial charge is 0.251 e. The molecule has 0 unspecified atom stereocenters. The lowest BCUT2D eigenvalue weighted by Crippen LogP contribution is -2.26. The summed E-state index contributed by atoms with van der Waals surface area (Å²) < 4.78 is 2.50. The first-order chi connectivity index (χ1) is 15.4. The molecule has 0 fully saturated rings. The lowest BCUT2D eigenvalue weighted by atomic mass is 10.1. The van der Waals surface area contributed by atoms with Crippen LogP contribution in [0.1, 0.15) is 16.8 Å². The fourth-order valence-electron chi connectivity index (χ4n) is 3.16. The summed E-state index contributed by atoms with van der Waals surface area (Å²) in [6.45, 7) is 1.08. The minimum atomic E-state index is -0.224. The molecule has 0 atom stereocenters. The van der Waals surface area contributed by atoms with E-state index >= 15 is 0 Å². The van der Waals surface area contributed by atoms with Gasteiger partial charge in [0.1, 0.15) is 5.82 Å². The van der Waals surface area contributed by atoms with Gasteiger partial charge in [0.25, 0.3) is 5.91 Å². The molecule has 10 heteroatoms. The molecule has 4 rings (SSSR count). The number of carbonyl (C=O) groups excluding carboxylic acids is 1. The predicted octanol–water partition coefficient (Wildman–Crippen LogP) is 6.35. The number of hydrogen-bond donors (Lipinski definition) is 2. The van der Waals surface area contributed by atoms with E-state index in [0.717, 1.165) is 21.5 Å². The van der Waals surface area contributed by atoms with Crippen LogP contribution >= 0.6 is 50.7 Å². The molecular formula is C22H17BrCl3N5O. The number of carbonyl (C=O) groups is 1. The van der Waals surface area contributed by atoms with Crippen molar-refractivity contribution in [2.45, 2.75) is 6.42 Å². The number of aromatic nitrogens is 3. The second kappa shape index (κ2) is 10.1. The summed E-state index contributed by atoms with van der Waals surface area (Å²) in [4.78, 5) is 17.0. The SMILES string of the molecule is O=C(NCCCNc1cc(-c2ccccc2Cl)nc2c(Br)cnn12)c1cc(Cl)cc(Cl)c1. The van der Waals surface area contributed by atoms with E-state index in [9.17, 15) is 4.79 Å². The molecule has 2 N–H and O–H groups in total. The standard InChI is InChI=1S/C22H17BrCl3N5O/c23-17-12-29-31-20(11-19(30-21(17)31)16-4-1-2-5-18(16)26)27-6-3-7-28-22(32)13-8-14(24)10-15(25)9-13/h1-2,4-5,8-12,27H,3,6-7H2,(H,28,32). The van der Waals surface area contributed by atoms with Gasteiger partial charge in [0.2, 0.25) is 0 Å². The molecule has 2 aromatic carbocycles. The van der Waals surface area contributed by atoms with Crippen LogP contribution in [-0.4, -0.2) is 33.6 Å². The fourth-order valence-corrected chi connectivity index (χ4v) is 4.27. The number of fused-ring (bicyclic) bond motifs is 1. The van der Waals surface area contributed by atoms with Crippen LogP contribution < -0.4 is 10.6 Å². The van der Waals surface area contributed by atoms with Gasteiger partial charge in [0, 0.05) is 45.4 Å². The largest absolute Gasteiger partial charge is 0.370 e. The zero-order chi connectivity index (χ0) is 22.7. The van der Waals surface area contributed by atoms with Crippen LogP contribution in [-0.2, 0) is 0 Å². The molecule has 2 heterocycles. The van der Waals surface area contributed by atoms with Crippen LogP contribution in [0.4, 0.5) is 5.82 Å². The van der Waals surface area contributed by atoms with Gasteiger partial charge >= 0.3 is 0 Å². The van der Waals surface area contributed by atoms with Crippen molar-refractivity contribution >= 4 is 68.1 Å². The quantitative estimate of drug-likeness (QED) is 0.262. The van der Waals surface area contributed by atoms with Crippen molar-refractivity contribution in [3.8, 4) is 11.3 Å². The number of halogens is 4. The average Bonchev–Trinajstić information content (AvgIpc) is 3.14. The number of amides is 1. The zero-order valence-electron chi connectivity index (χ0n) is 16.6. The van der Waals surface area contributed by atoms with E-state index < -0.39 is 0 Å². The first-order valence-electron chi connectivity index (χ1n) is 9.70. The molecular weight excluding hydrogens is 537 g/mol. The molecule has 0 spiro atoms. The molecule has 1 amide bonds. The van der Waals surface area contributed by atoms with Gasteiger partial charge in [-0.15, -0.1) is 0 Å². The number of nitrogens with zero attached hydrogens (tertiary/aromatic N) is 3. The summed E-state index contributed by atoms with van der Waals surface area (Å²) >= 11 is 21.8. The molecule has 0 aliphatic heterocycles. The van der Waals surface area contributed by atoms with E-state index in [1.54, 1.807) is 28.9 Å². The van der Waals surface area contributed by atoms with E-state index in [0.29, 0.717) is 45.8 Å². The number of anilines is 1. The summed E-state index contributed by atoms with van der Waals surface area (Å²) in [7, 11) is 0. The Morgan fingerprint density at radius 2 is 1.78 bits per heavy atom. The third kappa shape index (κ3) is 5.18. The third-order valence-electron chi connectivity index (χ3n) is 4.65. The summed E-state index contributed by atoms with van der Waals surface area (Å²) in [6.07, 6.45) is 2.38. The number of hydrogen-bond acceptors (Lipinski definition) is 4. The molecule has 0 bridgehead atoms. The average molecular weight is 554 g/mol. The van der Waals surface area contributed by atoms with Crippen LogP contribution in [0.25, 0.3) is 16.9 Å². The van der Waals surface area contributed by atoms with Gasteiger partial charge in [-0.05, 0) is 46.6 Å². The minimum Gasteiger partial charge on any atom is -0.370 e. The Balaban J connectivity index is 1.43. The Bertz CT molecular complexity index is 1270. The number of nitrogens with one attached hydrogen (secondary N) is 2. The first kappa shape index (κ1) is 22.9. The van der Waals surface area contributed by atoms with Crippen molar-refractivity contribution in [2.75, 3.05) is 18.4 Å². The van der Waals surface area contributed by atoms with Gasteiger partial charge in [0.15, 0.2) is 5.65 Å². The van der Waals surface area contributed by atoms with Gasteiger partial charge in [-0.3, -0.25) is 4.79 Å². The van der Waals surface area contributed by atoms with Crippen molar-refractivity contribution < 1.29 is 4.79 Å². The molecule has 0 saturated heterocycles. The van der Waals surface area contributed by atoms with Crippen LogP contribution in [0.15, 0.2) is 59.2 Å².